The van der Waals surface area contributed by atoms with E-state index in [0.717, 1.165) is 32.5 Å². The zero-order valence-corrected chi connectivity index (χ0v) is 15.0. The highest BCUT2D eigenvalue weighted by Gasteiger charge is 2.35. The summed E-state index contributed by atoms with van der Waals surface area (Å²) < 4.78 is 0. The SMILES string of the molecule is Cc1ccccc1CN1CCC[C@@](CO)(Cc2ccccc2C)C1. The van der Waals surface area contributed by atoms with E-state index in [2.05, 4.69) is 67.3 Å². The summed E-state index contributed by atoms with van der Waals surface area (Å²) in [6.07, 6.45) is 3.25. The molecule has 0 aliphatic carbocycles. The minimum atomic E-state index is -0.00690. The summed E-state index contributed by atoms with van der Waals surface area (Å²) in [4.78, 5) is 2.53. The molecule has 3 rings (SSSR count). The third-order valence-corrected chi connectivity index (χ3v) is 5.56. The summed E-state index contributed by atoms with van der Waals surface area (Å²) in [5.41, 5.74) is 5.47. The lowest BCUT2D eigenvalue weighted by Crippen LogP contribution is -2.46. The molecule has 0 bridgehead atoms. The Kier molecular flexibility index (Phi) is 5.37. The van der Waals surface area contributed by atoms with Crippen LogP contribution < -0.4 is 0 Å². The summed E-state index contributed by atoms with van der Waals surface area (Å²) in [6.45, 7) is 7.73. The van der Waals surface area contributed by atoms with Gasteiger partial charge in [-0.3, -0.25) is 4.90 Å². The number of nitrogens with zero attached hydrogens (tertiary/aromatic N) is 1. The van der Waals surface area contributed by atoms with Crippen LogP contribution in [-0.4, -0.2) is 29.7 Å². The van der Waals surface area contributed by atoms with Gasteiger partial charge in [0.25, 0.3) is 0 Å². The van der Waals surface area contributed by atoms with Gasteiger partial charge in [-0.1, -0.05) is 48.5 Å². The van der Waals surface area contributed by atoms with Gasteiger partial charge in [0, 0.05) is 18.5 Å². The quantitative estimate of drug-likeness (QED) is 0.894. The number of aryl methyl sites for hydroxylation is 2. The Morgan fingerprint density at radius 2 is 1.58 bits per heavy atom. The largest absolute Gasteiger partial charge is 0.396 e. The van der Waals surface area contributed by atoms with Gasteiger partial charge in [0.1, 0.15) is 0 Å². The number of piperidine rings is 1. The van der Waals surface area contributed by atoms with E-state index in [-0.39, 0.29) is 12.0 Å². The number of hydrogen-bond acceptors (Lipinski definition) is 2. The molecule has 1 saturated heterocycles. The minimum Gasteiger partial charge on any atom is -0.396 e. The number of aliphatic hydroxyl groups excluding tert-OH is 1. The lowest BCUT2D eigenvalue weighted by atomic mass is 9.75. The van der Waals surface area contributed by atoms with E-state index in [9.17, 15) is 5.11 Å². The van der Waals surface area contributed by atoms with Crippen molar-refractivity contribution in [3.05, 3.63) is 70.8 Å². The molecule has 1 aliphatic heterocycles. The van der Waals surface area contributed by atoms with Crippen LogP contribution in [-0.2, 0) is 13.0 Å². The Labute approximate surface area is 146 Å². The fraction of sp³-hybridized carbons (Fsp3) is 0.455. The van der Waals surface area contributed by atoms with Gasteiger partial charge in [-0.2, -0.15) is 0 Å². The molecule has 0 amide bonds. The summed E-state index contributed by atoms with van der Waals surface area (Å²) in [7, 11) is 0. The molecule has 0 aromatic heterocycles. The maximum absolute atomic E-state index is 10.2. The molecular weight excluding hydrogens is 294 g/mol. The van der Waals surface area contributed by atoms with Gasteiger partial charge in [-0.25, -0.2) is 0 Å². The molecule has 1 atom stereocenters. The predicted octanol–water partition coefficient (Wildman–Crippen LogP) is 4.12. The van der Waals surface area contributed by atoms with Crippen LogP contribution in [0.2, 0.25) is 0 Å². The normalized spacial score (nSPS) is 21.8. The lowest BCUT2D eigenvalue weighted by Gasteiger charge is -2.42. The van der Waals surface area contributed by atoms with Gasteiger partial charge in [0.2, 0.25) is 0 Å². The molecule has 2 aromatic carbocycles. The summed E-state index contributed by atoms with van der Waals surface area (Å²) in [5.74, 6) is 0. The van der Waals surface area contributed by atoms with Crippen molar-refractivity contribution in [1.82, 2.24) is 4.90 Å². The van der Waals surface area contributed by atoms with Crippen LogP contribution in [0.1, 0.15) is 35.1 Å². The number of rotatable bonds is 5. The van der Waals surface area contributed by atoms with Gasteiger partial charge in [-0.15, -0.1) is 0 Å². The van der Waals surface area contributed by atoms with E-state index in [1.165, 1.54) is 28.7 Å². The second-order valence-electron chi connectivity index (χ2n) is 7.50. The van der Waals surface area contributed by atoms with Crippen LogP contribution in [0.25, 0.3) is 0 Å². The number of benzene rings is 2. The molecule has 1 heterocycles. The standard InChI is InChI=1S/C22H29NO/c1-18-8-3-5-10-20(18)14-22(17-24)12-7-13-23(16-22)15-21-11-6-4-9-19(21)2/h3-6,8-11,24H,7,12-17H2,1-2H3/t22-/m1/s1. The van der Waals surface area contributed by atoms with Crippen molar-refractivity contribution in [3.63, 3.8) is 0 Å². The second-order valence-corrected chi connectivity index (χ2v) is 7.50. The molecule has 24 heavy (non-hydrogen) atoms. The van der Waals surface area contributed by atoms with Gasteiger partial charge < -0.3 is 5.11 Å². The van der Waals surface area contributed by atoms with E-state index >= 15 is 0 Å². The van der Waals surface area contributed by atoms with Gasteiger partial charge >= 0.3 is 0 Å². The van der Waals surface area contributed by atoms with Gasteiger partial charge in [-0.05, 0) is 61.9 Å². The maximum Gasteiger partial charge on any atom is 0.0502 e. The fourth-order valence-corrected chi connectivity index (χ4v) is 4.02. The second kappa shape index (κ2) is 7.50. The van der Waals surface area contributed by atoms with E-state index in [1.54, 1.807) is 0 Å². The molecule has 0 saturated carbocycles. The van der Waals surface area contributed by atoms with Crippen LogP contribution in [0.5, 0.6) is 0 Å². The van der Waals surface area contributed by atoms with Crippen molar-refractivity contribution in [2.75, 3.05) is 19.7 Å². The zero-order chi connectivity index (χ0) is 17.0. The number of hydrogen-bond donors (Lipinski definition) is 1. The lowest BCUT2D eigenvalue weighted by molar-refractivity contribution is 0.0287. The molecule has 2 nitrogen and oxygen atoms in total. The highest BCUT2D eigenvalue weighted by Crippen LogP contribution is 2.35. The molecule has 0 unspecified atom stereocenters. The van der Waals surface area contributed by atoms with Gasteiger partial charge in [0.05, 0.1) is 6.61 Å². The van der Waals surface area contributed by atoms with Crippen LogP contribution in [0.15, 0.2) is 48.5 Å². The fourth-order valence-electron chi connectivity index (χ4n) is 4.02. The van der Waals surface area contributed by atoms with Crippen molar-refractivity contribution in [3.8, 4) is 0 Å². The van der Waals surface area contributed by atoms with Crippen LogP contribution in [0.3, 0.4) is 0 Å². The molecular formula is C22H29NO. The molecule has 0 spiro atoms. The molecule has 1 fully saturated rings. The minimum absolute atomic E-state index is 0.00690. The maximum atomic E-state index is 10.2. The van der Waals surface area contributed by atoms with Crippen molar-refractivity contribution >= 4 is 0 Å². The smallest absolute Gasteiger partial charge is 0.0502 e. The first kappa shape index (κ1) is 17.2. The van der Waals surface area contributed by atoms with E-state index in [1.807, 2.05) is 0 Å². The Bertz CT molecular complexity index is 681. The summed E-state index contributed by atoms with van der Waals surface area (Å²) in [6, 6.07) is 17.2. The van der Waals surface area contributed by atoms with Crippen LogP contribution >= 0.6 is 0 Å². The van der Waals surface area contributed by atoms with Crippen LogP contribution in [0, 0.1) is 19.3 Å². The molecule has 1 aliphatic rings. The van der Waals surface area contributed by atoms with E-state index in [4.69, 9.17) is 0 Å². The average molecular weight is 323 g/mol. The molecule has 128 valence electrons. The Morgan fingerprint density at radius 3 is 2.21 bits per heavy atom. The first-order chi connectivity index (χ1) is 11.6. The van der Waals surface area contributed by atoms with E-state index in [0.29, 0.717) is 0 Å². The van der Waals surface area contributed by atoms with E-state index < -0.39 is 0 Å². The molecule has 1 N–H and O–H groups in total. The first-order valence-electron chi connectivity index (χ1n) is 9.04. The van der Waals surface area contributed by atoms with Crippen LogP contribution in [0.4, 0.5) is 0 Å². The number of likely N-dealkylation sites (tertiary alicyclic amines) is 1. The Balaban J connectivity index is 1.74. The number of aliphatic hydroxyl groups is 1. The summed E-state index contributed by atoms with van der Waals surface area (Å²) in [5, 5.41) is 10.2. The highest BCUT2D eigenvalue weighted by molar-refractivity contribution is 5.28. The topological polar surface area (TPSA) is 23.5 Å². The highest BCUT2D eigenvalue weighted by atomic mass is 16.3. The third-order valence-electron chi connectivity index (χ3n) is 5.56. The van der Waals surface area contributed by atoms with Gasteiger partial charge in [0.15, 0.2) is 0 Å². The van der Waals surface area contributed by atoms with Crippen molar-refractivity contribution in [2.24, 2.45) is 5.41 Å². The zero-order valence-electron chi connectivity index (χ0n) is 15.0. The average Bonchev–Trinajstić information content (AvgIpc) is 2.59. The third kappa shape index (κ3) is 3.88. The first-order valence-corrected chi connectivity index (χ1v) is 9.04. The van der Waals surface area contributed by atoms with Crippen molar-refractivity contribution in [2.45, 2.75) is 39.7 Å². The monoisotopic (exact) mass is 323 g/mol. The van der Waals surface area contributed by atoms with Crippen molar-refractivity contribution in [1.29, 1.82) is 0 Å². The molecule has 2 heteroatoms. The molecule has 0 radical (unpaired) electrons. The Morgan fingerprint density at radius 1 is 0.958 bits per heavy atom. The Hall–Kier alpha value is -1.64. The molecule has 2 aromatic rings. The predicted molar refractivity (Wildman–Crippen MR) is 100 cm³/mol. The summed E-state index contributed by atoms with van der Waals surface area (Å²) >= 11 is 0. The van der Waals surface area contributed by atoms with Crippen molar-refractivity contribution < 1.29 is 5.11 Å².